The molecule has 0 amide bonds. The van der Waals surface area contributed by atoms with E-state index in [4.69, 9.17) is 0 Å². The fourth-order valence-corrected chi connectivity index (χ4v) is 2.65. The highest BCUT2D eigenvalue weighted by molar-refractivity contribution is 7.15. The second-order valence-corrected chi connectivity index (χ2v) is 5.15. The van der Waals surface area contributed by atoms with Crippen LogP contribution in [-0.4, -0.2) is 11.5 Å². The van der Waals surface area contributed by atoms with Crippen molar-refractivity contribution in [2.75, 3.05) is 6.54 Å². The van der Waals surface area contributed by atoms with Crippen molar-refractivity contribution < 1.29 is 13.2 Å². The maximum absolute atomic E-state index is 13.2. The van der Waals surface area contributed by atoms with Crippen molar-refractivity contribution in [3.05, 3.63) is 40.2 Å². The molecule has 2 aromatic rings. The van der Waals surface area contributed by atoms with E-state index in [1.54, 1.807) is 0 Å². The van der Waals surface area contributed by atoms with E-state index in [2.05, 4.69) is 10.3 Å². The Balaban J connectivity index is 2.37. The molecule has 0 saturated carbocycles. The van der Waals surface area contributed by atoms with E-state index in [-0.39, 0.29) is 5.56 Å². The predicted molar refractivity (Wildman–Crippen MR) is 69.5 cm³/mol. The Bertz CT molecular complexity index is 573. The summed E-state index contributed by atoms with van der Waals surface area (Å²) in [6.07, 6.45) is 0. The van der Waals surface area contributed by atoms with E-state index in [1.807, 2.05) is 13.8 Å². The molecule has 0 aliphatic heterocycles. The van der Waals surface area contributed by atoms with Crippen molar-refractivity contribution in [2.24, 2.45) is 0 Å². The van der Waals surface area contributed by atoms with Crippen molar-refractivity contribution in [3.63, 3.8) is 0 Å². The molecule has 0 atom stereocenters. The Labute approximate surface area is 113 Å². The largest absolute Gasteiger partial charge is 0.312 e. The van der Waals surface area contributed by atoms with Gasteiger partial charge in [-0.2, -0.15) is 0 Å². The molecule has 0 unspecified atom stereocenters. The van der Waals surface area contributed by atoms with Crippen LogP contribution in [0.2, 0.25) is 0 Å². The van der Waals surface area contributed by atoms with Crippen LogP contribution in [0.1, 0.15) is 17.5 Å². The molecule has 0 spiro atoms. The Hall–Kier alpha value is -1.40. The summed E-state index contributed by atoms with van der Waals surface area (Å²) in [5.41, 5.74) is 1.07. The first-order chi connectivity index (χ1) is 9.02. The van der Waals surface area contributed by atoms with E-state index < -0.39 is 17.5 Å². The molecule has 0 saturated heterocycles. The predicted octanol–water partition coefficient (Wildman–Crippen LogP) is 3.65. The zero-order chi connectivity index (χ0) is 14.0. The van der Waals surface area contributed by atoms with Crippen LogP contribution < -0.4 is 5.32 Å². The van der Waals surface area contributed by atoms with Gasteiger partial charge in [-0.05, 0) is 25.6 Å². The number of hydrogen-bond donors (Lipinski definition) is 1. The zero-order valence-corrected chi connectivity index (χ0v) is 11.4. The van der Waals surface area contributed by atoms with Gasteiger partial charge in [0.1, 0.15) is 5.01 Å². The van der Waals surface area contributed by atoms with Gasteiger partial charge in [-0.25, -0.2) is 18.2 Å². The smallest absolute Gasteiger partial charge is 0.194 e. The van der Waals surface area contributed by atoms with E-state index in [0.29, 0.717) is 11.6 Å². The van der Waals surface area contributed by atoms with Gasteiger partial charge in [-0.1, -0.05) is 6.92 Å². The molecule has 19 heavy (non-hydrogen) atoms. The molecular weight excluding hydrogens is 273 g/mol. The SMILES string of the molecule is CCNCc1sc(-c2cc(F)c(F)c(F)c2)nc1C. The van der Waals surface area contributed by atoms with Gasteiger partial charge in [0.15, 0.2) is 17.5 Å². The Morgan fingerprint density at radius 3 is 2.42 bits per heavy atom. The fraction of sp³-hybridized carbons (Fsp3) is 0.308. The third-order valence-electron chi connectivity index (χ3n) is 2.66. The van der Waals surface area contributed by atoms with E-state index in [1.165, 1.54) is 11.3 Å². The number of rotatable bonds is 4. The number of halogens is 3. The maximum Gasteiger partial charge on any atom is 0.194 e. The van der Waals surface area contributed by atoms with Gasteiger partial charge < -0.3 is 5.32 Å². The van der Waals surface area contributed by atoms with Crippen molar-refractivity contribution in [1.29, 1.82) is 0 Å². The Morgan fingerprint density at radius 1 is 1.21 bits per heavy atom. The number of benzene rings is 1. The molecule has 2 rings (SSSR count). The minimum atomic E-state index is -1.45. The van der Waals surface area contributed by atoms with Crippen molar-refractivity contribution in [2.45, 2.75) is 20.4 Å². The first-order valence-corrected chi connectivity index (χ1v) is 6.66. The fourth-order valence-electron chi connectivity index (χ4n) is 1.63. The number of aryl methyl sites for hydroxylation is 1. The van der Waals surface area contributed by atoms with Crippen LogP contribution in [0.3, 0.4) is 0 Å². The van der Waals surface area contributed by atoms with Gasteiger partial charge in [-0.3, -0.25) is 0 Å². The highest BCUT2D eigenvalue weighted by Crippen LogP contribution is 2.29. The summed E-state index contributed by atoms with van der Waals surface area (Å²) in [5, 5.41) is 3.65. The van der Waals surface area contributed by atoms with E-state index in [0.717, 1.165) is 29.2 Å². The summed E-state index contributed by atoms with van der Waals surface area (Å²) in [4.78, 5) is 5.27. The average molecular weight is 286 g/mol. The van der Waals surface area contributed by atoms with Crippen LogP contribution in [0.4, 0.5) is 13.2 Å². The van der Waals surface area contributed by atoms with Gasteiger partial charge in [-0.15, -0.1) is 11.3 Å². The average Bonchev–Trinajstić information content (AvgIpc) is 2.74. The van der Waals surface area contributed by atoms with Crippen molar-refractivity contribution in [3.8, 4) is 10.6 Å². The van der Waals surface area contributed by atoms with Crippen LogP contribution in [-0.2, 0) is 6.54 Å². The van der Waals surface area contributed by atoms with Crippen LogP contribution in [0.5, 0.6) is 0 Å². The highest BCUT2D eigenvalue weighted by atomic mass is 32.1. The zero-order valence-electron chi connectivity index (χ0n) is 10.6. The molecule has 1 aromatic heterocycles. The molecule has 0 bridgehead atoms. The summed E-state index contributed by atoms with van der Waals surface area (Å²) in [6.45, 7) is 5.31. The molecule has 0 radical (unpaired) electrons. The number of nitrogens with zero attached hydrogens (tertiary/aromatic N) is 1. The minimum Gasteiger partial charge on any atom is -0.312 e. The standard InChI is InChI=1S/C13H13F3N2S/c1-3-17-6-11-7(2)18-13(19-11)8-4-9(14)12(16)10(15)5-8/h4-5,17H,3,6H2,1-2H3. The molecule has 0 aliphatic rings. The first-order valence-electron chi connectivity index (χ1n) is 5.84. The highest BCUT2D eigenvalue weighted by Gasteiger charge is 2.15. The second kappa shape index (κ2) is 5.71. The van der Waals surface area contributed by atoms with Crippen LogP contribution >= 0.6 is 11.3 Å². The number of aromatic nitrogens is 1. The molecule has 102 valence electrons. The van der Waals surface area contributed by atoms with Gasteiger partial charge >= 0.3 is 0 Å². The van der Waals surface area contributed by atoms with Gasteiger partial charge in [0, 0.05) is 17.0 Å². The lowest BCUT2D eigenvalue weighted by molar-refractivity contribution is 0.447. The summed E-state index contributed by atoms with van der Waals surface area (Å²) < 4.78 is 39.3. The van der Waals surface area contributed by atoms with Crippen molar-refractivity contribution >= 4 is 11.3 Å². The van der Waals surface area contributed by atoms with Crippen molar-refractivity contribution in [1.82, 2.24) is 10.3 Å². The minimum absolute atomic E-state index is 0.257. The summed E-state index contributed by atoms with van der Waals surface area (Å²) >= 11 is 1.35. The Kier molecular flexibility index (Phi) is 4.21. The van der Waals surface area contributed by atoms with E-state index >= 15 is 0 Å². The van der Waals surface area contributed by atoms with Gasteiger partial charge in [0.2, 0.25) is 0 Å². The normalized spacial score (nSPS) is 11.0. The quantitative estimate of drug-likeness (QED) is 0.868. The van der Waals surface area contributed by atoms with Crippen LogP contribution in [0.25, 0.3) is 10.6 Å². The molecule has 1 aromatic carbocycles. The lowest BCUT2D eigenvalue weighted by atomic mass is 10.2. The number of hydrogen-bond acceptors (Lipinski definition) is 3. The van der Waals surface area contributed by atoms with Gasteiger partial charge in [0.05, 0.1) is 5.69 Å². The third kappa shape index (κ3) is 2.96. The topological polar surface area (TPSA) is 24.9 Å². The molecule has 1 heterocycles. The lowest BCUT2D eigenvalue weighted by Gasteiger charge is -1.99. The number of nitrogens with one attached hydrogen (secondary N) is 1. The van der Waals surface area contributed by atoms with Crippen LogP contribution in [0, 0.1) is 24.4 Å². The molecule has 2 nitrogen and oxygen atoms in total. The molecule has 6 heteroatoms. The monoisotopic (exact) mass is 286 g/mol. The van der Waals surface area contributed by atoms with Crippen LogP contribution in [0.15, 0.2) is 12.1 Å². The summed E-state index contributed by atoms with van der Waals surface area (Å²) in [7, 11) is 0. The summed E-state index contributed by atoms with van der Waals surface area (Å²) in [6, 6.07) is 1.93. The molecular formula is C13H13F3N2S. The number of thiazole rings is 1. The molecule has 0 aliphatic carbocycles. The summed E-state index contributed by atoms with van der Waals surface area (Å²) in [5.74, 6) is -3.85. The van der Waals surface area contributed by atoms with E-state index in [9.17, 15) is 13.2 Å². The second-order valence-electron chi connectivity index (χ2n) is 4.06. The van der Waals surface area contributed by atoms with Gasteiger partial charge in [0.25, 0.3) is 0 Å². The Morgan fingerprint density at radius 2 is 1.84 bits per heavy atom. The molecule has 1 N–H and O–H groups in total. The molecule has 0 fully saturated rings. The first kappa shape index (κ1) is 14.0. The maximum atomic E-state index is 13.2. The lowest BCUT2D eigenvalue weighted by Crippen LogP contribution is -2.11. The third-order valence-corrected chi connectivity index (χ3v) is 3.87.